The zero-order valence-electron chi connectivity index (χ0n) is 58.1. The first-order valence-electron chi connectivity index (χ1n) is 36.3. The minimum atomic E-state index is -4.95. The van der Waals surface area contributed by atoms with E-state index in [1.54, 1.807) is 0 Å². The van der Waals surface area contributed by atoms with Crippen LogP contribution in [0.5, 0.6) is 0 Å². The zero-order valence-corrected chi connectivity index (χ0v) is 59.8. The van der Waals surface area contributed by atoms with E-state index in [-0.39, 0.29) is 25.7 Å². The van der Waals surface area contributed by atoms with Crippen molar-refractivity contribution in [1.29, 1.82) is 0 Å². The molecule has 0 spiro atoms. The number of aliphatic hydroxyl groups is 1. The maximum atomic E-state index is 13.0. The highest BCUT2D eigenvalue weighted by atomic mass is 31.2. The highest BCUT2D eigenvalue weighted by Gasteiger charge is 2.30. The molecule has 0 heterocycles. The predicted molar refractivity (Wildman–Crippen MR) is 358 cm³/mol. The Morgan fingerprint density at radius 3 is 0.798 bits per heavy atom. The van der Waals surface area contributed by atoms with Crippen LogP contribution in [0.15, 0.2) is 0 Å². The summed E-state index contributed by atoms with van der Waals surface area (Å²) in [5.41, 5.74) is 0. The number of ether oxygens (including phenoxy) is 4. The van der Waals surface area contributed by atoms with Gasteiger partial charge in [-0.2, -0.15) is 0 Å². The average molecular weight is 1310 g/mol. The number of carbonyl (C=O) groups is 4. The number of carbonyl (C=O) groups excluding carboxylic acids is 4. The van der Waals surface area contributed by atoms with Crippen molar-refractivity contribution in [1.82, 2.24) is 0 Å². The van der Waals surface area contributed by atoms with Gasteiger partial charge in [0.05, 0.1) is 26.4 Å². The fourth-order valence-corrected chi connectivity index (χ4v) is 12.0. The fourth-order valence-electron chi connectivity index (χ4n) is 10.4. The van der Waals surface area contributed by atoms with Crippen LogP contribution < -0.4 is 0 Å². The zero-order chi connectivity index (χ0) is 66.1. The molecule has 4 unspecified atom stereocenters. The molecule has 3 N–H and O–H groups in total. The van der Waals surface area contributed by atoms with Gasteiger partial charge >= 0.3 is 39.5 Å². The van der Waals surface area contributed by atoms with E-state index in [1.165, 1.54) is 141 Å². The van der Waals surface area contributed by atoms with Crippen LogP contribution in [0.25, 0.3) is 0 Å². The molecule has 0 aromatic rings. The lowest BCUT2D eigenvalue weighted by molar-refractivity contribution is -0.161. The Bertz CT molecular complexity index is 1770. The molecular weight excluding hydrogens is 1170 g/mol. The first-order chi connectivity index (χ1) is 42.7. The van der Waals surface area contributed by atoms with Crippen molar-refractivity contribution >= 4 is 39.5 Å². The van der Waals surface area contributed by atoms with E-state index in [2.05, 4.69) is 55.4 Å². The highest BCUT2D eigenvalue weighted by Crippen LogP contribution is 2.45. The van der Waals surface area contributed by atoms with Gasteiger partial charge in [-0.05, 0) is 49.4 Å². The molecule has 0 radical (unpaired) electrons. The van der Waals surface area contributed by atoms with Crippen molar-refractivity contribution in [3.8, 4) is 0 Å². The second kappa shape index (κ2) is 59.8. The smallest absolute Gasteiger partial charge is 0.462 e. The molecule has 0 rings (SSSR count). The monoisotopic (exact) mass is 1310 g/mol. The van der Waals surface area contributed by atoms with E-state index in [9.17, 15) is 43.2 Å². The highest BCUT2D eigenvalue weighted by molar-refractivity contribution is 7.47. The lowest BCUT2D eigenvalue weighted by Gasteiger charge is -2.21. The van der Waals surface area contributed by atoms with Crippen LogP contribution in [0.3, 0.4) is 0 Å². The van der Waals surface area contributed by atoms with Gasteiger partial charge in [-0.3, -0.25) is 37.3 Å². The summed E-state index contributed by atoms with van der Waals surface area (Å²) < 4.78 is 68.2. The summed E-state index contributed by atoms with van der Waals surface area (Å²) in [6.45, 7) is 14.0. The van der Waals surface area contributed by atoms with Gasteiger partial charge in [0.2, 0.25) is 0 Å². The third kappa shape index (κ3) is 62.0. The van der Waals surface area contributed by atoms with Gasteiger partial charge in [-0.15, -0.1) is 0 Å². The van der Waals surface area contributed by atoms with Crippen molar-refractivity contribution in [2.24, 2.45) is 23.7 Å². The van der Waals surface area contributed by atoms with E-state index < -0.39 is 97.5 Å². The molecule has 89 heavy (non-hydrogen) atoms. The second-order valence-corrected chi connectivity index (χ2v) is 29.6. The van der Waals surface area contributed by atoms with Crippen molar-refractivity contribution in [2.45, 2.75) is 363 Å². The van der Waals surface area contributed by atoms with Gasteiger partial charge in [0.15, 0.2) is 12.2 Å². The number of unbranched alkanes of at least 4 members (excludes halogenated alkanes) is 31. The van der Waals surface area contributed by atoms with Crippen LogP contribution in [0.2, 0.25) is 0 Å². The van der Waals surface area contributed by atoms with E-state index >= 15 is 0 Å². The minimum Gasteiger partial charge on any atom is -0.462 e. The Morgan fingerprint density at radius 2 is 0.539 bits per heavy atom. The molecule has 0 fully saturated rings. The van der Waals surface area contributed by atoms with Gasteiger partial charge in [-0.1, -0.05) is 293 Å². The molecule has 0 saturated carbocycles. The van der Waals surface area contributed by atoms with Crippen molar-refractivity contribution in [3.05, 3.63) is 0 Å². The quantitative estimate of drug-likeness (QED) is 0.0222. The largest absolute Gasteiger partial charge is 0.472 e. The second-order valence-electron chi connectivity index (χ2n) is 26.7. The van der Waals surface area contributed by atoms with Crippen LogP contribution in [-0.4, -0.2) is 96.7 Å². The molecule has 528 valence electrons. The van der Waals surface area contributed by atoms with Gasteiger partial charge in [0, 0.05) is 25.7 Å². The molecule has 7 atom stereocenters. The lowest BCUT2D eigenvalue weighted by atomic mass is 9.99. The molecule has 0 aliphatic rings. The van der Waals surface area contributed by atoms with Crippen LogP contribution in [0.1, 0.15) is 344 Å². The summed E-state index contributed by atoms with van der Waals surface area (Å²) in [6.07, 6.45) is 41.9. The average Bonchev–Trinajstić information content (AvgIpc) is 3.70. The Morgan fingerprint density at radius 1 is 0.315 bits per heavy atom. The fraction of sp³-hybridized carbons (Fsp3) is 0.943. The Kier molecular flexibility index (Phi) is 58.5. The summed E-state index contributed by atoms with van der Waals surface area (Å²) in [6, 6.07) is 0. The van der Waals surface area contributed by atoms with Crippen molar-refractivity contribution < 1.29 is 80.2 Å². The summed E-state index contributed by atoms with van der Waals surface area (Å²) in [5, 5.41) is 10.6. The molecule has 0 bridgehead atoms. The summed E-state index contributed by atoms with van der Waals surface area (Å²) >= 11 is 0. The van der Waals surface area contributed by atoms with Gasteiger partial charge in [0.1, 0.15) is 19.3 Å². The maximum absolute atomic E-state index is 13.0. The first-order valence-corrected chi connectivity index (χ1v) is 39.3. The summed E-state index contributed by atoms with van der Waals surface area (Å²) in [5.74, 6) is 0.845. The third-order valence-corrected chi connectivity index (χ3v) is 18.7. The van der Waals surface area contributed by atoms with Crippen LogP contribution in [0.4, 0.5) is 0 Å². The van der Waals surface area contributed by atoms with Gasteiger partial charge in [0.25, 0.3) is 0 Å². The van der Waals surface area contributed by atoms with E-state index in [1.807, 2.05) is 0 Å². The summed E-state index contributed by atoms with van der Waals surface area (Å²) in [7, 11) is -9.90. The van der Waals surface area contributed by atoms with E-state index in [0.717, 1.165) is 114 Å². The molecule has 0 aliphatic heterocycles. The van der Waals surface area contributed by atoms with Crippen LogP contribution in [-0.2, 0) is 65.4 Å². The lowest BCUT2D eigenvalue weighted by Crippen LogP contribution is -2.30. The van der Waals surface area contributed by atoms with Crippen molar-refractivity contribution in [2.75, 3.05) is 39.6 Å². The number of aliphatic hydroxyl groups excluding tert-OH is 1. The van der Waals surface area contributed by atoms with Crippen molar-refractivity contribution in [3.63, 3.8) is 0 Å². The van der Waals surface area contributed by atoms with Crippen LogP contribution in [0, 0.1) is 23.7 Å². The normalized spacial score (nSPS) is 14.9. The van der Waals surface area contributed by atoms with E-state index in [0.29, 0.717) is 31.6 Å². The molecule has 0 saturated heterocycles. The Balaban J connectivity index is 5.23. The molecule has 19 heteroatoms. The van der Waals surface area contributed by atoms with E-state index in [4.69, 9.17) is 37.0 Å². The maximum Gasteiger partial charge on any atom is 0.472 e. The molecular formula is C70H136O17P2. The topological polar surface area (TPSA) is 237 Å². The molecule has 17 nitrogen and oxygen atoms in total. The number of rotatable bonds is 67. The van der Waals surface area contributed by atoms with Gasteiger partial charge in [-0.25, -0.2) is 9.13 Å². The minimum absolute atomic E-state index is 0.101. The SMILES string of the molecule is CCC(C)CCCCCCCCCCC(=O)OC[C@H](COP(=O)(O)OC[C@@H](O)COP(=O)(O)OC[C@@H](COC(=O)CCCCCCCCC(C)C)OC(=O)CCCCCCCCC(C)CC)OC(=O)CCCCCCCCCCCCCCCCCC(C)C. The predicted octanol–water partition coefficient (Wildman–Crippen LogP) is 19.7. The molecule has 0 aromatic carbocycles. The standard InChI is InChI=1S/C70H136O17P2/c1-9-62(7)48-40-32-23-20-21-24-34-42-50-67(72)80-56-65(86-69(74)52-44-36-25-19-17-15-13-11-12-14-16-18-22-30-38-46-60(3)4)58-84-88(76,77)82-54-64(71)55-83-89(78,79)85-59-66(57-81-68(73)51-43-35-28-26-31-39-47-61(5)6)87-70(75)53-45-37-29-27-33-41-49-63(8)10-2/h60-66,71H,9-59H2,1-8H3,(H,76,77)(H,78,79)/t62?,63?,64-,65-,66-/m1/s1. The van der Waals surface area contributed by atoms with Gasteiger partial charge < -0.3 is 33.8 Å². The molecule has 0 aliphatic carbocycles. The molecule has 0 aromatic heterocycles. The summed E-state index contributed by atoms with van der Waals surface area (Å²) in [4.78, 5) is 72.5. The number of esters is 4. The number of phosphoric acid groups is 2. The number of hydrogen-bond donors (Lipinski definition) is 3. The number of phosphoric ester groups is 2. The Hall–Kier alpha value is -1.94. The Labute approximate surface area is 543 Å². The first kappa shape index (κ1) is 87.1. The number of hydrogen-bond acceptors (Lipinski definition) is 15. The third-order valence-electron chi connectivity index (χ3n) is 16.8. The van der Waals surface area contributed by atoms with Crippen LogP contribution >= 0.6 is 15.6 Å². The molecule has 0 amide bonds.